The molecule has 0 unspecified atom stereocenters. The zero-order valence-corrected chi connectivity index (χ0v) is 19.8. The molecule has 1 aliphatic carbocycles. The monoisotopic (exact) mass is 465 g/mol. The molecule has 1 aromatic carbocycles. The van der Waals surface area contributed by atoms with Crippen molar-refractivity contribution >= 4 is 28.3 Å². The molecule has 0 saturated carbocycles. The normalized spacial score (nSPS) is 28.4. The van der Waals surface area contributed by atoms with Gasteiger partial charge in [0.2, 0.25) is 5.95 Å². The van der Waals surface area contributed by atoms with Gasteiger partial charge in [0.15, 0.2) is 0 Å². The van der Waals surface area contributed by atoms with Crippen molar-refractivity contribution in [2.45, 2.75) is 43.0 Å². The predicted octanol–water partition coefficient (Wildman–Crippen LogP) is 2.40. The van der Waals surface area contributed by atoms with Crippen molar-refractivity contribution in [3.8, 4) is 0 Å². The van der Waals surface area contributed by atoms with Crippen LogP contribution < -0.4 is 15.1 Å². The number of hydrogen-bond donors (Lipinski definition) is 1. The summed E-state index contributed by atoms with van der Waals surface area (Å²) in [5.74, 6) is 3.59. The second-order valence-corrected chi connectivity index (χ2v) is 11.8. The van der Waals surface area contributed by atoms with Gasteiger partial charge in [-0.1, -0.05) is 6.07 Å². The lowest BCUT2D eigenvalue weighted by molar-refractivity contribution is 0.0903. The van der Waals surface area contributed by atoms with Crippen LogP contribution in [0.2, 0.25) is 0 Å². The van der Waals surface area contributed by atoms with Crippen LogP contribution in [0.1, 0.15) is 29.7 Å². The van der Waals surface area contributed by atoms with E-state index in [1.165, 1.54) is 24.1 Å². The molecule has 5 aliphatic rings. The topological polar surface area (TPSA) is 70.6 Å². The van der Waals surface area contributed by atoms with Gasteiger partial charge in [-0.15, -0.1) is 0 Å². The highest BCUT2D eigenvalue weighted by atomic mass is 32.2. The average molecular weight is 466 g/mol. The number of anilines is 3. The number of rotatable bonds is 4. The van der Waals surface area contributed by atoms with E-state index in [0.717, 1.165) is 81.0 Å². The Labute approximate surface area is 197 Å². The fraction of sp³-hybridized carbons (Fsp3) is 0.600. The third kappa shape index (κ3) is 3.53. The molecule has 3 fully saturated rings. The second kappa shape index (κ2) is 7.94. The van der Waals surface area contributed by atoms with E-state index in [2.05, 4.69) is 33.3 Å². The highest BCUT2D eigenvalue weighted by Gasteiger charge is 2.42. The molecule has 0 radical (unpaired) electrons. The van der Waals surface area contributed by atoms with Crippen molar-refractivity contribution in [1.82, 2.24) is 9.97 Å². The third-order valence-electron chi connectivity index (χ3n) is 8.23. The molecule has 8 heteroatoms. The van der Waals surface area contributed by atoms with Crippen LogP contribution in [0.3, 0.4) is 0 Å². The lowest BCUT2D eigenvalue weighted by Crippen LogP contribution is -2.31. The minimum Gasteiger partial charge on any atom is -0.381 e. The van der Waals surface area contributed by atoms with Gasteiger partial charge in [-0.25, -0.2) is 4.98 Å². The Bertz CT molecular complexity index is 1100. The van der Waals surface area contributed by atoms with Crippen LogP contribution in [-0.4, -0.2) is 65.4 Å². The minimum atomic E-state index is -0.997. The third-order valence-corrected chi connectivity index (χ3v) is 9.69. The van der Waals surface area contributed by atoms with Crippen LogP contribution in [0.15, 0.2) is 23.1 Å². The largest absolute Gasteiger partial charge is 0.381 e. The Hall–Kier alpha value is -2.19. The van der Waals surface area contributed by atoms with E-state index in [4.69, 9.17) is 14.7 Å². The molecule has 4 aliphatic heterocycles. The number of nitrogens with zero attached hydrogens (tertiary/aromatic N) is 4. The molecule has 3 atom stereocenters. The zero-order valence-electron chi connectivity index (χ0n) is 19.0. The molecule has 0 spiro atoms. The first-order chi connectivity index (χ1) is 16.2. The van der Waals surface area contributed by atoms with Crippen LogP contribution in [0.5, 0.6) is 0 Å². The molecule has 7 nitrogen and oxygen atoms in total. The molecule has 2 aromatic rings. The van der Waals surface area contributed by atoms with Crippen LogP contribution in [-0.2, 0) is 34.8 Å². The van der Waals surface area contributed by atoms with E-state index < -0.39 is 10.8 Å². The van der Waals surface area contributed by atoms with Gasteiger partial charge in [-0.05, 0) is 48.9 Å². The van der Waals surface area contributed by atoms with Crippen molar-refractivity contribution in [2.75, 3.05) is 60.3 Å². The number of benzene rings is 1. The second-order valence-electron chi connectivity index (χ2n) is 10.3. The van der Waals surface area contributed by atoms with E-state index in [0.29, 0.717) is 23.6 Å². The molecular formula is C25H31N5O2S. The van der Waals surface area contributed by atoms with Crippen LogP contribution in [0.4, 0.5) is 17.5 Å². The van der Waals surface area contributed by atoms with E-state index >= 15 is 0 Å². The highest BCUT2D eigenvalue weighted by Crippen LogP contribution is 2.38. The summed E-state index contributed by atoms with van der Waals surface area (Å²) in [5.41, 5.74) is 5.45. The van der Waals surface area contributed by atoms with Crippen molar-refractivity contribution in [2.24, 2.45) is 11.8 Å². The number of ether oxygens (including phenoxy) is 1. The number of fused-ring (bicyclic) bond motifs is 3. The summed E-state index contributed by atoms with van der Waals surface area (Å²) in [6.45, 7) is 5.79. The smallest absolute Gasteiger partial charge is 0.227 e. The summed E-state index contributed by atoms with van der Waals surface area (Å²) in [5, 5.41) is 3.61. The highest BCUT2D eigenvalue weighted by molar-refractivity contribution is 7.85. The Kier molecular flexibility index (Phi) is 4.86. The summed E-state index contributed by atoms with van der Waals surface area (Å²) in [4.78, 5) is 15.7. The van der Waals surface area contributed by atoms with Gasteiger partial charge >= 0.3 is 0 Å². The summed E-state index contributed by atoms with van der Waals surface area (Å²) in [6.07, 6.45) is 5.20. The first-order valence-electron chi connectivity index (χ1n) is 12.5. The van der Waals surface area contributed by atoms with E-state index in [9.17, 15) is 4.21 Å². The van der Waals surface area contributed by atoms with Crippen LogP contribution >= 0.6 is 0 Å². The molecular weight excluding hydrogens is 434 g/mol. The number of hydrogen-bond acceptors (Lipinski definition) is 7. The summed E-state index contributed by atoms with van der Waals surface area (Å²) in [7, 11) is -0.997. The molecule has 1 N–H and O–H groups in total. The van der Waals surface area contributed by atoms with Gasteiger partial charge in [-0.2, -0.15) is 4.98 Å². The summed E-state index contributed by atoms with van der Waals surface area (Å²) in [6, 6.07) is 7.38. The van der Waals surface area contributed by atoms with Gasteiger partial charge < -0.3 is 19.9 Å². The standard InChI is InChI=1S/C25H31N5O2S/c31-33-10-7-22-23(33)24(26-20-5-8-32-9-6-20)28-25(27-22)30-14-18-12-29(13-19(18)15-30)21-4-3-16-1-2-17(16)11-21/h3-4,11,18-20H,1-2,5-10,12-15H2,(H,26,27,28)/t18-,19+,33-/m1/s1. The van der Waals surface area contributed by atoms with Gasteiger partial charge in [0, 0.05) is 75.1 Å². The SMILES string of the molecule is O=[S@@]1CCc2nc(N3C[C@H]4CN(c5ccc6c(c5)CC6)C[C@H]4C3)nc(NC3CCOCC3)c21. The van der Waals surface area contributed by atoms with Gasteiger partial charge in [0.25, 0.3) is 0 Å². The van der Waals surface area contributed by atoms with Crippen molar-refractivity contribution in [1.29, 1.82) is 0 Å². The molecule has 3 saturated heterocycles. The Balaban J connectivity index is 1.09. The van der Waals surface area contributed by atoms with Crippen LogP contribution in [0, 0.1) is 11.8 Å². The number of aryl methyl sites for hydroxylation is 3. The lowest BCUT2D eigenvalue weighted by atomic mass is 9.88. The Morgan fingerprint density at radius 1 is 0.939 bits per heavy atom. The van der Waals surface area contributed by atoms with Gasteiger partial charge in [0.1, 0.15) is 10.7 Å². The maximum atomic E-state index is 12.7. The molecule has 7 rings (SSSR count). The van der Waals surface area contributed by atoms with E-state index in [1.54, 1.807) is 5.56 Å². The predicted molar refractivity (Wildman–Crippen MR) is 130 cm³/mol. The van der Waals surface area contributed by atoms with Gasteiger partial charge in [0.05, 0.1) is 16.5 Å². The number of aromatic nitrogens is 2. The molecule has 174 valence electrons. The first-order valence-corrected chi connectivity index (χ1v) is 13.8. The quantitative estimate of drug-likeness (QED) is 0.744. The Morgan fingerprint density at radius 3 is 2.42 bits per heavy atom. The molecule has 0 bridgehead atoms. The maximum absolute atomic E-state index is 12.7. The van der Waals surface area contributed by atoms with Gasteiger partial charge in [-0.3, -0.25) is 4.21 Å². The fourth-order valence-corrected chi connectivity index (χ4v) is 7.52. The van der Waals surface area contributed by atoms with Crippen molar-refractivity contribution < 1.29 is 8.95 Å². The molecule has 33 heavy (non-hydrogen) atoms. The molecule has 1 aromatic heterocycles. The minimum absolute atomic E-state index is 0.331. The van der Waals surface area contributed by atoms with Crippen molar-refractivity contribution in [3.63, 3.8) is 0 Å². The summed E-state index contributed by atoms with van der Waals surface area (Å²) < 4.78 is 18.2. The average Bonchev–Trinajstić information content (AvgIpc) is 3.49. The molecule has 5 heterocycles. The molecule has 0 amide bonds. The zero-order chi connectivity index (χ0) is 21.9. The fourth-order valence-electron chi connectivity index (χ4n) is 6.20. The Morgan fingerprint density at radius 2 is 1.70 bits per heavy atom. The van der Waals surface area contributed by atoms with E-state index in [-0.39, 0.29) is 0 Å². The number of nitrogens with one attached hydrogen (secondary N) is 1. The van der Waals surface area contributed by atoms with E-state index in [1.807, 2.05) is 0 Å². The summed E-state index contributed by atoms with van der Waals surface area (Å²) >= 11 is 0. The van der Waals surface area contributed by atoms with Crippen LogP contribution in [0.25, 0.3) is 0 Å². The van der Waals surface area contributed by atoms with Crippen molar-refractivity contribution in [3.05, 3.63) is 35.0 Å². The first kappa shape index (κ1) is 20.2. The maximum Gasteiger partial charge on any atom is 0.227 e. The lowest BCUT2D eigenvalue weighted by Gasteiger charge is -2.27.